The van der Waals surface area contributed by atoms with Crippen molar-refractivity contribution < 1.29 is 9.90 Å². The summed E-state index contributed by atoms with van der Waals surface area (Å²) in [4.78, 5) is 17.1. The van der Waals surface area contributed by atoms with Crippen LogP contribution in [0, 0.1) is 34.0 Å². The van der Waals surface area contributed by atoms with Crippen LogP contribution in [0.3, 0.4) is 0 Å². The summed E-state index contributed by atoms with van der Waals surface area (Å²) in [6, 6.07) is 25.7. The molecule has 4 aliphatic carbocycles. The first kappa shape index (κ1) is 30.9. The molecule has 5 heteroatoms. The number of carbonyl (C=O) groups is 1. The van der Waals surface area contributed by atoms with Gasteiger partial charge in [-0.15, -0.1) is 0 Å². The van der Waals surface area contributed by atoms with Gasteiger partial charge in [0, 0.05) is 12.1 Å². The van der Waals surface area contributed by atoms with E-state index in [1.54, 1.807) is 0 Å². The van der Waals surface area contributed by atoms with E-state index in [0.29, 0.717) is 23.9 Å². The summed E-state index contributed by atoms with van der Waals surface area (Å²) in [5.41, 5.74) is 2.64. The van der Waals surface area contributed by atoms with Crippen molar-refractivity contribution in [3.05, 3.63) is 71.8 Å². The van der Waals surface area contributed by atoms with E-state index in [9.17, 15) is 15.2 Å². The Morgan fingerprint density at radius 2 is 1.11 bits per heavy atom. The number of aliphatic carboxylic acids is 1. The van der Waals surface area contributed by atoms with Gasteiger partial charge in [-0.1, -0.05) is 60.7 Å². The summed E-state index contributed by atoms with van der Waals surface area (Å²) in [6.07, 6.45) is 16.3. The van der Waals surface area contributed by atoms with Crippen LogP contribution in [0.2, 0.25) is 0 Å². The first-order valence-corrected chi connectivity index (χ1v) is 18.2. The van der Waals surface area contributed by atoms with E-state index in [0.717, 1.165) is 69.9 Å². The number of nitriles is 1. The highest BCUT2D eigenvalue weighted by Gasteiger charge is 2.56. The van der Waals surface area contributed by atoms with E-state index in [-0.39, 0.29) is 10.8 Å². The van der Waals surface area contributed by atoms with Crippen LogP contribution in [0.4, 0.5) is 0 Å². The van der Waals surface area contributed by atoms with Crippen LogP contribution in [0.5, 0.6) is 0 Å². The molecule has 2 heterocycles. The molecule has 2 saturated heterocycles. The normalized spacial score (nSPS) is 33.3. The van der Waals surface area contributed by atoms with Crippen molar-refractivity contribution >= 4 is 5.97 Å². The molecule has 4 saturated carbocycles. The highest BCUT2D eigenvalue weighted by molar-refractivity contribution is 5.76. The second-order valence-corrected chi connectivity index (χ2v) is 15.5. The number of piperidine rings is 2. The largest absolute Gasteiger partial charge is 0.481 e. The second-order valence-electron chi connectivity index (χ2n) is 15.5. The number of likely N-dealkylation sites (tertiary alicyclic amines) is 2. The lowest BCUT2D eigenvalue weighted by Crippen LogP contribution is -2.41. The average Bonchev–Trinajstić information content (AvgIpc) is 4.05. The Hall–Kier alpha value is -2.68. The van der Waals surface area contributed by atoms with Gasteiger partial charge in [0.05, 0.1) is 16.9 Å². The molecule has 0 radical (unpaired) electrons. The van der Waals surface area contributed by atoms with Crippen molar-refractivity contribution in [3.8, 4) is 6.07 Å². The molecule has 2 aliphatic heterocycles. The number of nitrogens with zero attached hydrogens (tertiary/aromatic N) is 3. The van der Waals surface area contributed by atoms with E-state index in [4.69, 9.17) is 0 Å². The average molecular weight is 608 g/mol. The minimum absolute atomic E-state index is 0.0426. The summed E-state index contributed by atoms with van der Waals surface area (Å²) in [6.45, 7) is 4.70. The van der Waals surface area contributed by atoms with Gasteiger partial charge in [0.25, 0.3) is 0 Å². The monoisotopic (exact) mass is 607 g/mol. The van der Waals surface area contributed by atoms with Gasteiger partial charge in [-0.05, 0) is 151 Å². The Labute approximate surface area is 271 Å². The molecule has 6 aliphatic rings. The third-order valence-corrected chi connectivity index (χ3v) is 13.0. The van der Waals surface area contributed by atoms with Gasteiger partial charge in [-0.2, -0.15) is 5.26 Å². The lowest BCUT2D eigenvalue weighted by molar-refractivity contribution is -0.150. The molecule has 2 aromatic carbocycles. The highest BCUT2D eigenvalue weighted by atomic mass is 16.4. The first-order valence-electron chi connectivity index (χ1n) is 18.2. The fourth-order valence-corrected chi connectivity index (χ4v) is 9.94. The molecule has 1 N–H and O–H groups in total. The van der Waals surface area contributed by atoms with E-state index in [1.807, 2.05) is 0 Å². The van der Waals surface area contributed by atoms with Crippen LogP contribution in [0.25, 0.3) is 0 Å². The smallest absolute Gasteiger partial charge is 0.309 e. The highest BCUT2D eigenvalue weighted by Crippen LogP contribution is 2.57. The predicted molar refractivity (Wildman–Crippen MR) is 179 cm³/mol. The Kier molecular flexibility index (Phi) is 9.08. The molecule has 6 fully saturated rings. The van der Waals surface area contributed by atoms with Crippen molar-refractivity contribution in [2.45, 2.75) is 114 Å². The lowest BCUT2D eigenvalue weighted by atomic mass is 9.80. The third kappa shape index (κ3) is 6.61. The fourth-order valence-electron chi connectivity index (χ4n) is 9.94. The van der Waals surface area contributed by atoms with E-state index < -0.39 is 5.97 Å². The molecule has 0 spiro atoms. The zero-order valence-electron chi connectivity index (χ0n) is 27.2. The number of benzene rings is 2. The van der Waals surface area contributed by atoms with Gasteiger partial charge in [0.15, 0.2) is 0 Å². The van der Waals surface area contributed by atoms with Gasteiger partial charge in [0.2, 0.25) is 0 Å². The van der Waals surface area contributed by atoms with Crippen LogP contribution < -0.4 is 0 Å². The Morgan fingerprint density at radius 1 is 0.644 bits per heavy atom. The number of carboxylic acids is 1. The van der Waals surface area contributed by atoms with Crippen LogP contribution in [0.15, 0.2) is 60.7 Å². The molecule has 45 heavy (non-hydrogen) atoms. The van der Waals surface area contributed by atoms with E-state index in [2.05, 4.69) is 76.5 Å². The summed E-state index contributed by atoms with van der Waals surface area (Å²) < 4.78 is 0. The first-order chi connectivity index (χ1) is 22.0. The van der Waals surface area contributed by atoms with E-state index in [1.165, 1.54) is 69.2 Å². The van der Waals surface area contributed by atoms with Crippen LogP contribution >= 0.6 is 0 Å². The third-order valence-electron chi connectivity index (χ3n) is 13.0. The molecule has 0 aromatic heterocycles. The molecule has 8 rings (SSSR count). The Bertz CT molecular complexity index is 1320. The lowest BCUT2D eigenvalue weighted by Gasteiger charge is -2.37. The maximum atomic E-state index is 11.9. The maximum Gasteiger partial charge on any atom is 0.309 e. The molecule has 240 valence electrons. The second kappa shape index (κ2) is 13.2. The number of rotatable bonds is 7. The number of hydrogen-bond acceptors (Lipinski definition) is 4. The number of carboxylic acid groups (broad SMARTS) is 1. The zero-order valence-corrected chi connectivity index (χ0v) is 27.2. The Morgan fingerprint density at radius 3 is 1.56 bits per heavy atom. The zero-order chi connectivity index (χ0) is 30.9. The number of hydrogen-bond donors (Lipinski definition) is 1. The van der Waals surface area contributed by atoms with Crippen molar-refractivity contribution in [1.29, 1.82) is 5.26 Å². The molecule has 5 nitrogen and oxygen atoms in total. The topological polar surface area (TPSA) is 67.6 Å². The van der Waals surface area contributed by atoms with Gasteiger partial charge in [-0.25, -0.2) is 0 Å². The predicted octanol–water partition coefficient (Wildman–Crippen LogP) is 8.24. The minimum atomic E-state index is -0.526. The molecule has 0 bridgehead atoms. The quantitative estimate of drug-likeness (QED) is 0.343. The Balaban J connectivity index is 0.000000145. The minimum Gasteiger partial charge on any atom is -0.481 e. The van der Waals surface area contributed by atoms with Gasteiger partial charge < -0.3 is 14.9 Å². The van der Waals surface area contributed by atoms with Crippen LogP contribution in [-0.2, 0) is 4.79 Å². The standard InChI is InChI=1S/C20H26N2.C20H27NO2/c21-15-20(18-6-7-18)11-8-19(14-20)22-12-9-17(10-13-22)16-4-2-1-3-5-16;22-19(23)20(17-6-7-17)11-8-18(14-20)21-12-9-16(10-13-21)15-4-2-1-3-5-15/h1-5,17-19H,6-14H2;1-5,16-18H,6-14H2,(H,22,23). The molecule has 0 amide bonds. The van der Waals surface area contributed by atoms with Gasteiger partial charge >= 0.3 is 5.97 Å². The molecular formula is C40H53N3O2. The van der Waals surface area contributed by atoms with Gasteiger partial charge in [-0.3, -0.25) is 4.79 Å². The van der Waals surface area contributed by atoms with Crippen molar-refractivity contribution in [3.63, 3.8) is 0 Å². The molecular weight excluding hydrogens is 554 g/mol. The van der Waals surface area contributed by atoms with Crippen LogP contribution in [0.1, 0.15) is 113 Å². The molecule has 2 aromatic rings. The maximum absolute atomic E-state index is 11.9. The van der Waals surface area contributed by atoms with Crippen molar-refractivity contribution in [2.24, 2.45) is 22.7 Å². The summed E-state index contributed by atoms with van der Waals surface area (Å²) in [5.74, 6) is 2.09. The SMILES string of the molecule is N#CC1(C2CC2)CCC(N2CCC(c3ccccc3)CC2)C1.O=C(O)C1(C2CC2)CCC(N2CCC(c3ccccc3)CC2)C1. The molecule has 4 unspecified atom stereocenters. The van der Waals surface area contributed by atoms with Gasteiger partial charge in [0.1, 0.15) is 0 Å². The summed E-state index contributed by atoms with van der Waals surface area (Å²) >= 11 is 0. The van der Waals surface area contributed by atoms with Crippen molar-refractivity contribution in [2.75, 3.05) is 26.2 Å². The van der Waals surface area contributed by atoms with Crippen molar-refractivity contribution in [1.82, 2.24) is 9.80 Å². The van der Waals surface area contributed by atoms with Crippen LogP contribution in [-0.4, -0.2) is 59.1 Å². The molecule has 4 atom stereocenters. The summed E-state index contributed by atoms with van der Waals surface area (Å²) in [7, 11) is 0. The van der Waals surface area contributed by atoms with E-state index >= 15 is 0 Å². The fraction of sp³-hybridized carbons (Fsp3) is 0.650. The summed E-state index contributed by atoms with van der Waals surface area (Å²) in [5, 5.41) is 19.4.